The maximum Gasteiger partial charge on any atom is 0.322 e. The van der Waals surface area contributed by atoms with Crippen LogP contribution in [0.3, 0.4) is 0 Å². The molecule has 158 valence electrons. The Labute approximate surface area is 153 Å². The van der Waals surface area contributed by atoms with Gasteiger partial charge in [0.15, 0.2) is 12.6 Å². The molecular formula is C14H25NO12. The number of carbonyl (C=O) groups is 1. The quantitative estimate of drug-likeness (QED) is 0.200. The van der Waals surface area contributed by atoms with Crippen molar-refractivity contribution in [1.29, 1.82) is 0 Å². The van der Waals surface area contributed by atoms with Gasteiger partial charge in [-0.25, -0.2) is 0 Å². The van der Waals surface area contributed by atoms with Crippen molar-refractivity contribution in [2.75, 3.05) is 19.8 Å². The third-order valence-corrected chi connectivity index (χ3v) is 4.35. The molecule has 27 heavy (non-hydrogen) atoms. The molecule has 0 aromatic carbocycles. The number of hydrogen-bond acceptors (Lipinski definition) is 12. The number of rotatable bonds is 7. The normalized spacial score (nSPS) is 44.0. The fourth-order valence-electron chi connectivity index (χ4n) is 2.66. The predicted octanol–water partition coefficient (Wildman–Crippen LogP) is -5.32. The second-order valence-electron chi connectivity index (χ2n) is 6.33. The molecule has 2 rings (SSSR count). The Bertz CT molecular complexity index is 493. The van der Waals surface area contributed by atoms with Crippen molar-refractivity contribution < 1.29 is 59.5 Å². The van der Waals surface area contributed by atoms with Gasteiger partial charge in [-0.3, -0.25) is 4.79 Å². The topological polar surface area (TPSA) is 222 Å². The van der Waals surface area contributed by atoms with E-state index in [9.17, 15) is 30.3 Å². The number of nitrogens with two attached hydrogens (primary N) is 1. The number of ether oxygens (including phenoxy) is 4. The first-order chi connectivity index (χ1) is 12.7. The Hall–Kier alpha value is -0.970. The number of carboxylic acid groups (broad SMARTS) is 1. The molecule has 0 bridgehead atoms. The standard InChI is InChI=1S/C14H25NO12/c15-4(12(22)23)2-24-13-10(20)8(18)6(3-25-13)27-14-11(21)9(19)7(17)5(1-16)26-14/h4-11,13-14,16-21H,1-3,15H2,(H,22,23)/t4-,5+,6?,7+,8+,9-,10+,11+,13+,14-/m0/s1. The lowest BCUT2D eigenvalue weighted by Crippen LogP contribution is -2.62. The molecule has 13 nitrogen and oxygen atoms in total. The van der Waals surface area contributed by atoms with Crippen LogP contribution in [-0.4, -0.2) is 123 Å². The number of aliphatic carboxylic acids is 1. The predicted molar refractivity (Wildman–Crippen MR) is 82.0 cm³/mol. The summed E-state index contributed by atoms with van der Waals surface area (Å²) in [6.45, 7) is -1.46. The van der Waals surface area contributed by atoms with Crippen LogP contribution in [0.25, 0.3) is 0 Å². The maximum absolute atomic E-state index is 10.7. The number of aliphatic hydroxyl groups excluding tert-OH is 6. The van der Waals surface area contributed by atoms with E-state index in [0.717, 1.165) is 0 Å². The van der Waals surface area contributed by atoms with Crippen molar-refractivity contribution >= 4 is 5.97 Å². The molecule has 2 saturated heterocycles. The van der Waals surface area contributed by atoms with Gasteiger partial charge in [-0.2, -0.15) is 0 Å². The molecular weight excluding hydrogens is 374 g/mol. The number of carboxylic acids is 1. The van der Waals surface area contributed by atoms with Crippen molar-refractivity contribution in [2.24, 2.45) is 5.73 Å². The Balaban J connectivity index is 1.92. The highest BCUT2D eigenvalue weighted by Crippen LogP contribution is 2.26. The molecule has 2 aliphatic heterocycles. The molecule has 13 heteroatoms. The van der Waals surface area contributed by atoms with Crippen LogP contribution in [0.4, 0.5) is 0 Å². The van der Waals surface area contributed by atoms with Gasteiger partial charge in [-0.05, 0) is 0 Å². The molecule has 10 atom stereocenters. The van der Waals surface area contributed by atoms with E-state index in [-0.39, 0.29) is 6.61 Å². The molecule has 0 aromatic rings. The first kappa shape index (κ1) is 22.3. The van der Waals surface area contributed by atoms with E-state index < -0.39 is 80.5 Å². The van der Waals surface area contributed by atoms with E-state index in [4.69, 9.17) is 34.9 Å². The van der Waals surface area contributed by atoms with Crippen LogP contribution in [0, 0.1) is 0 Å². The van der Waals surface area contributed by atoms with E-state index in [2.05, 4.69) is 0 Å². The fourth-order valence-corrected chi connectivity index (χ4v) is 2.66. The maximum atomic E-state index is 10.7. The molecule has 9 N–H and O–H groups in total. The molecule has 0 radical (unpaired) electrons. The van der Waals surface area contributed by atoms with Crippen molar-refractivity contribution in [2.45, 2.75) is 61.3 Å². The summed E-state index contributed by atoms with van der Waals surface area (Å²) in [4.78, 5) is 10.7. The zero-order valence-electron chi connectivity index (χ0n) is 14.1. The summed E-state index contributed by atoms with van der Waals surface area (Å²) in [5.74, 6) is -1.32. The van der Waals surface area contributed by atoms with Gasteiger partial charge in [0.2, 0.25) is 0 Å². The monoisotopic (exact) mass is 399 g/mol. The molecule has 1 unspecified atom stereocenters. The molecule has 0 spiro atoms. The van der Waals surface area contributed by atoms with Crippen LogP contribution < -0.4 is 5.73 Å². The van der Waals surface area contributed by atoms with Gasteiger partial charge in [0, 0.05) is 0 Å². The Morgan fingerprint density at radius 3 is 2.26 bits per heavy atom. The second kappa shape index (κ2) is 9.49. The van der Waals surface area contributed by atoms with Crippen LogP contribution in [0.2, 0.25) is 0 Å². The summed E-state index contributed by atoms with van der Waals surface area (Å²) < 4.78 is 20.7. The second-order valence-corrected chi connectivity index (χ2v) is 6.33. The van der Waals surface area contributed by atoms with Crippen LogP contribution in [-0.2, 0) is 23.7 Å². The van der Waals surface area contributed by atoms with E-state index >= 15 is 0 Å². The van der Waals surface area contributed by atoms with Gasteiger partial charge in [0.05, 0.1) is 19.8 Å². The molecule has 0 aromatic heterocycles. The third kappa shape index (κ3) is 5.10. The third-order valence-electron chi connectivity index (χ3n) is 4.35. The van der Waals surface area contributed by atoms with Gasteiger partial charge in [0.25, 0.3) is 0 Å². The minimum Gasteiger partial charge on any atom is -0.480 e. The zero-order valence-corrected chi connectivity index (χ0v) is 14.1. The lowest BCUT2D eigenvalue weighted by molar-refractivity contribution is -0.343. The molecule has 2 heterocycles. The zero-order chi connectivity index (χ0) is 20.3. The summed E-state index contributed by atoms with van der Waals surface area (Å²) >= 11 is 0. The minimum atomic E-state index is -1.69. The molecule has 0 saturated carbocycles. The van der Waals surface area contributed by atoms with Gasteiger partial charge in [-0.1, -0.05) is 0 Å². The lowest BCUT2D eigenvalue weighted by atomic mass is 9.99. The first-order valence-corrected chi connectivity index (χ1v) is 8.21. The van der Waals surface area contributed by atoms with Crippen molar-refractivity contribution in [3.63, 3.8) is 0 Å². The van der Waals surface area contributed by atoms with Crippen LogP contribution in [0.1, 0.15) is 0 Å². The Kier molecular flexibility index (Phi) is 7.84. The largest absolute Gasteiger partial charge is 0.480 e. The van der Waals surface area contributed by atoms with Crippen molar-refractivity contribution in [1.82, 2.24) is 0 Å². The smallest absolute Gasteiger partial charge is 0.322 e. The van der Waals surface area contributed by atoms with E-state index in [1.165, 1.54) is 0 Å². The van der Waals surface area contributed by atoms with Crippen molar-refractivity contribution in [3.8, 4) is 0 Å². The first-order valence-electron chi connectivity index (χ1n) is 8.21. The highest BCUT2D eigenvalue weighted by Gasteiger charge is 2.47. The van der Waals surface area contributed by atoms with E-state index in [1.54, 1.807) is 0 Å². The number of aliphatic hydroxyl groups is 6. The van der Waals surface area contributed by atoms with E-state index in [1.807, 2.05) is 0 Å². The molecule has 2 aliphatic rings. The lowest BCUT2D eigenvalue weighted by Gasteiger charge is -2.43. The summed E-state index contributed by atoms with van der Waals surface area (Å²) in [6, 6.07) is -1.35. The van der Waals surface area contributed by atoms with Crippen molar-refractivity contribution in [3.05, 3.63) is 0 Å². The number of hydrogen-bond donors (Lipinski definition) is 8. The highest BCUT2D eigenvalue weighted by molar-refractivity contribution is 5.73. The summed E-state index contributed by atoms with van der Waals surface area (Å²) in [5.41, 5.74) is 5.27. The average molecular weight is 399 g/mol. The fraction of sp³-hybridized carbons (Fsp3) is 0.929. The van der Waals surface area contributed by atoms with Gasteiger partial charge >= 0.3 is 5.97 Å². The summed E-state index contributed by atoms with van der Waals surface area (Å²) in [5, 5.41) is 67.4. The molecule has 0 amide bonds. The summed E-state index contributed by atoms with van der Waals surface area (Å²) in [7, 11) is 0. The van der Waals surface area contributed by atoms with Gasteiger partial charge in [-0.15, -0.1) is 0 Å². The highest BCUT2D eigenvalue weighted by atomic mass is 16.7. The van der Waals surface area contributed by atoms with Gasteiger partial charge in [0.1, 0.15) is 48.8 Å². The van der Waals surface area contributed by atoms with E-state index in [0.29, 0.717) is 0 Å². The average Bonchev–Trinajstić information content (AvgIpc) is 2.64. The van der Waals surface area contributed by atoms with Crippen LogP contribution in [0.5, 0.6) is 0 Å². The SMILES string of the molecule is N[C@@H](CO[C@@H]1OCC(O[C@@H]2O[C@H](CO)[C@@H](O)[C@H](O)[C@H]2O)[C@@H](O)[C@H]1O)C(=O)O. The van der Waals surface area contributed by atoms with Gasteiger partial charge < -0.3 is 60.4 Å². The van der Waals surface area contributed by atoms with Crippen LogP contribution >= 0.6 is 0 Å². The minimum absolute atomic E-state index is 0.333. The molecule has 2 fully saturated rings. The Morgan fingerprint density at radius 1 is 1.04 bits per heavy atom. The Morgan fingerprint density at radius 2 is 1.67 bits per heavy atom. The van der Waals surface area contributed by atoms with Crippen LogP contribution in [0.15, 0.2) is 0 Å². The molecule has 0 aliphatic carbocycles. The summed E-state index contributed by atoms with van der Waals surface area (Å²) in [6.07, 6.45) is -13.4.